The van der Waals surface area contributed by atoms with Gasteiger partial charge in [-0.3, -0.25) is 0 Å². The number of hydrogen-bond acceptors (Lipinski definition) is 18. The molecule has 18 nitrogen and oxygen atoms in total. The van der Waals surface area contributed by atoms with E-state index in [1.807, 2.05) is 0 Å². The molecule has 9 rings (SSSR count). The summed E-state index contributed by atoms with van der Waals surface area (Å²) in [6.45, 7) is 1.42. The molecule has 6 aromatic carbocycles. The number of benzene rings is 6. The fraction of sp³-hybridized carbons (Fsp3) is 0.217. The topological polar surface area (TPSA) is 331 Å². The Bertz CT molecular complexity index is 2810. The minimum Gasteiger partial charge on any atom is -0.508 e. The van der Waals surface area contributed by atoms with Crippen molar-refractivity contribution in [1.82, 2.24) is 0 Å². The maximum atomic E-state index is 11.8. The molecule has 6 aromatic rings. The molecule has 0 radical (unpaired) electrons. The van der Waals surface area contributed by atoms with Crippen molar-refractivity contribution in [1.29, 1.82) is 0 Å². The van der Waals surface area contributed by atoms with E-state index in [-0.39, 0.29) is 98.0 Å². The quantitative estimate of drug-likeness (QED) is 0.105. The van der Waals surface area contributed by atoms with Crippen molar-refractivity contribution >= 4 is 0 Å². The van der Waals surface area contributed by atoms with Gasteiger partial charge in [0.05, 0.1) is 18.1 Å². The smallest absolute Gasteiger partial charge is 0.157 e. The molecule has 3 heterocycles. The van der Waals surface area contributed by atoms with Crippen molar-refractivity contribution in [3.63, 3.8) is 0 Å². The molecule has 0 aliphatic carbocycles. The number of aliphatic hydroxyl groups excluding tert-OH is 3. The zero-order chi connectivity index (χ0) is 46.0. The lowest BCUT2D eigenvalue weighted by Crippen LogP contribution is -2.37. The molecular formula is C46H42O18. The number of ether oxygens (including phenoxy) is 3. The van der Waals surface area contributed by atoms with Crippen LogP contribution in [-0.2, 0) is 12.8 Å². The van der Waals surface area contributed by atoms with Crippen LogP contribution in [0.2, 0.25) is 0 Å². The van der Waals surface area contributed by atoms with Crippen LogP contribution in [0.4, 0.5) is 0 Å². The van der Waals surface area contributed by atoms with Crippen molar-refractivity contribution in [3.8, 4) is 86.2 Å². The third-order valence-corrected chi connectivity index (χ3v) is 11.6. The van der Waals surface area contributed by atoms with Crippen molar-refractivity contribution in [2.24, 2.45) is 0 Å². The molecule has 0 saturated carbocycles. The first-order chi connectivity index (χ1) is 30.3. The summed E-state index contributed by atoms with van der Waals surface area (Å²) in [5.74, 6) is -5.57. The lowest BCUT2D eigenvalue weighted by Gasteiger charge is -2.40. The molecule has 0 spiro atoms. The highest BCUT2D eigenvalue weighted by Gasteiger charge is 2.47. The van der Waals surface area contributed by atoms with Gasteiger partial charge in [0.1, 0.15) is 70.1 Å². The van der Waals surface area contributed by atoms with Gasteiger partial charge in [0.2, 0.25) is 0 Å². The Morgan fingerprint density at radius 1 is 0.422 bits per heavy atom. The van der Waals surface area contributed by atoms with Crippen LogP contribution < -0.4 is 14.2 Å². The van der Waals surface area contributed by atoms with Gasteiger partial charge in [0, 0.05) is 64.9 Å². The molecule has 3 aliphatic rings. The summed E-state index contributed by atoms with van der Waals surface area (Å²) in [6, 6.07) is 16.5. The van der Waals surface area contributed by atoms with E-state index in [9.17, 15) is 76.6 Å². The van der Waals surface area contributed by atoms with Crippen LogP contribution in [0.15, 0.2) is 78.9 Å². The number of hydrogen-bond donors (Lipinski definition) is 15. The van der Waals surface area contributed by atoms with Crippen molar-refractivity contribution < 1.29 is 90.8 Å². The molecule has 334 valence electrons. The first-order valence-electron chi connectivity index (χ1n) is 19.6. The van der Waals surface area contributed by atoms with Crippen LogP contribution in [0.1, 0.15) is 68.7 Å². The first-order valence-corrected chi connectivity index (χ1v) is 19.6. The third-order valence-electron chi connectivity index (χ3n) is 11.6. The Hall–Kier alpha value is -7.80. The Balaban J connectivity index is 0.000000223. The van der Waals surface area contributed by atoms with Gasteiger partial charge in [-0.05, 0) is 60.0 Å². The second-order valence-electron chi connectivity index (χ2n) is 15.7. The lowest BCUT2D eigenvalue weighted by molar-refractivity contribution is 0.00110. The standard InChI is InChI=1S/C31H28O12.C15H14O6/c1-11-26(39)15-10-21(38)29(12-2-4-16(33)18(35)6-12)43-31(15)25(27(11)40)24-23-20(37)8-14(32)9-22(23)42-30(28(24)41)13-3-5-17(34)19(36)7-13;16-8-4-11(18)9-6-13(20)15(21-14(9)5-8)7-1-2-10(17)12(19)3-7/h2-9,21,24,28-30,32-41H,10H2,1H3;1-5,13,15-20H,6H2. The van der Waals surface area contributed by atoms with Crippen LogP contribution in [0.5, 0.6) is 86.2 Å². The summed E-state index contributed by atoms with van der Waals surface area (Å²) in [5, 5.41) is 155. The minimum atomic E-state index is -1.60. The van der Waals surface area contributed by atoms with E-state index >= 15 is 0 Å². The Morgan fingerprint density at radius 2 is 0.875 bits per heavy atom. The maximum Gasteiger partial charge on any atom is 0.157 e. The largest absolute Gasteiger partial charge is 0.508 e. The highest BCUT2D eigenvalue weighted by Crippen LogP contribution is 2.58. The number of phenols is 12. The van der Waals surface area contributed by atoms with Crippen LogP contribution >= 0.6 is 0 Å². The van der Waals surface area contributed by atoms with Gasteiger partial charge >= 0.3 is 0 Å². The van der Waals surface area contributed by atoms with Crippen LogP contribution in [0.3, 0.4) is 0 Å². The predicted octanol–water partition coefficient (Wildman–Crippen LogP) is 4.85. The Kier molecular flexibility index (Phi) is 10.8. The van der Waals surface area contributed by atoms with Crippen molar-refractivity contribution in [3.05, 3.63) is 123 Å². The molecule has 64 heavy (non-hydrogen) atoms. The van der Waals surface area contributed by atoms with Crippen LogP contribution in [-0.4, -0.2) is 94.9 Å². The lowest BCUT2D eigenvalue weighted by atomic mass is 9.76. The number of aliphatic hydroxyl groups is 3. The highest BCUT2D eigenvalue weighted by atomic mass is 16.5. The van der Waals surface area contributed by atoms with Crippen molar-refractivity contribution in [2.75, 3.05) is 0 Å². The summed E-state index contributed by atoms with van der Waals surface area (Å²) in [6.07, 6.45) is -7.01. The summed E-state index contributed by atoms with van der Waals surface area (Å²) >= 11 is 0. The van der Waals surface area contributed by atoms with E-state index < -0.39 is 77.0 Å². The van der Waals surface area contributed by atoms with Crippen LogP contribution in [0.25, 0.3) is 0 Å². The van der Waals surface area contributed by atoms with Gasteiger partial charge in [-0.25, -0.2) is 0 Å². The van der Waals surface area contributed by atoms with E-state index in [1.165, 1.54) is 79.7 Å². The Morgan fingerprint density at radius 3 is 1.41 bits per heavy atom. The number of phenolic OH excluding ortho intramolecular Hbond substituents is 12. The monoisotopic (exact) mass is 882 g/mol. The molecule has 15 N–H and O–H groups in total. The molecule has 0 amide bonds. The maximum absolute atomic E-state index is 11.8. The summed E-state index contributed by atoms with van der Waals surface area (Å²) < 4.78 is 17.8. The van der Waals surface area contributed by atoms with E-state index in [4.69, 9.17) is 14.2 Å². The molecule has 0 bridgehead atoms. The van der Waals surface area contributed by atoms with Gasteiger partial charge < -0.3 is 90.8 Å². The summed E-state index contributed by atoms with van der Waals surface area (Å²) in [7, 11) is 0. The predicted molar refractivity (Wildman–Crippen MR) is 221 cm³/mol. The van der Waals surface area contributed by atoms with E-state index in [1.54, 1.807) is 0 Å². The van der Waals surface area contributed by atoms with Gasteiger partial charge in [0.15, 0.2) is 40.6 Å². The summed E-state index contributed by atoms with van der Waals surface area (Å²) in [5.41, 5.74) is 1.37. The number of fused-ring (bicyclic) bond motifs is 3. The second-order valence-corrected chi connectivity index (χ2v) is 15.7. The zero-order valence-electron chi connectivity index (χ0n) is 33.4. The SMILES string of the molecule is Cc1c(O)c2c(c(C3c4c(O)cc(O)cc4OC(c4ccc(O)c(O)c4)C3O)c1O)OC(c1ccc(O)c(O)c1)C(O)C2.Oc1cc(O)c2c(c1)OC(c1ccc(O)c(O)c1)C(O)C2. The molecule has 18 heteroatoms. The van der Waals surface area contributed by atoms with Gasteiger partial charge in [-0.1, -0.05) is 18.2 Å². The molecule has 3 aliphatic heterocycles. The normalized spacial score (nSPS) is 22.0. The number of rotatable bonds is 4. The zero-order valence-corrected chi connectivity index (χ0v) is 33.4. The minimum absolute atomic E-state index is 0.00242. The molecule has 7 atom stereocenters. The first kappa shape index (κ1) is 42.9. The molecule has 0 fully saturated rings. The van der Waals surface area contributed by atoms with Gasteiger partial charge in [-0.2, -0.15) is 0 Å². The third kappa shape index (κ3) is 7.48. The van der Waals surface area contributed by atoms with E-state index in [0.29, 0.717) is 11.1 Å². The fourth-order valence-electron chi connectivity index (χ4n) is 8.38. The molecule has 7 unspecified atom stereocenters. The van der Waals surface area contributed by atoms with E-state index in [2.05, 4.69) is 0 Å². The second kappa shape index (κ2) is 16.2. The van der Waals surface area contributed by atoms with Crippen LogP contribution in [0, 0.1) is 6.92 Å². The molecule has 0 aromatic heterocycles. The van der Waals surface area contributed by atoms with Gasteiger partial charge in [-0.15, -0.1) is 0 Å². The van der Waals surface area contributed by atoms with Crippen molar-refractivity contribution in [2.45, 2.75) is 62.3 Å². The van der Waals surface area contributed by atoms with Gasteiger partial charge in [0.25, 0.3) is 0 Å². The highest BCUT2D eigenvalue weighted by molar-refractivity contribution is 5.68. The molecule has 0 saturated heterocycles. The fourth-order valence-corrected chi connectivity index (χ4v) is 8.38. The van der Waals surface area contributed by atoms with E-state index in [0.717, 1.165) is 6.07 Å². The summed E-state index contributed by atoms with van der Waals surface area (Å²) in [4.78, 5) is 0. The number of aromatic hydroxyl groups is 12. The average Bonchev–Trinajstić information content (AvgIpc) is 3.24. The molecular weight excluding hydrogens is 840 g/mol. The Labute approximate surface area is 362 Å². The average molecular weight is 883 g/mol.